The SMILES string of the molecule is COc1ccccc1NC(=O)Cc1noc(COc2ccc(F)cc2Cl)n1. The second-order valence-corrected chi connectivity index (χ2v) is 5.80. The van der Waals surface area contributed by atoms with E-state index in [1.807, 2.05) is 0 Å². The fraction of sp³-hybridized carbons (Fsp3) is 0.167. The minimum atomic E-state index is -0.464. The Morgan fingerprint density at radius 1 is 1.26 bits per heavy atom. The van der Waals surface area contributed by atoms with Gasteiger partial charge in [0.15, 0.2) is 12.4 Å². The van der Waals surface area contributed by atoms with Crippen molar-refractivity contribution in [3.8, 4) is 11.5 Å². The Morgan fingerprint density at radius 3 is 2.85 bits per heavy atom. The summed E-state index contributed by atoms with van der Waals surface area (Å²) in [5.74, 6) is 0.403. The van der Waals surface area contributed by atoms with Crippen molar-refractivity contribution in [2.45, 2.75) is 13.0 Å². The van der Waals surface area contributed by atoms with Crippen LogP contribution in [-0.2, 0) is 17.8 Å². The minimum Gasteiger partial charge on any atom is -0.495 e. The van der Waals surface area contributed by atoms with Crippen LogP contribution >= 0.6 is 11.6 Å². The second-order valence-electron chi connectivity index (χ2n) is 5.39. The molecule has 0 radical (unpaired) electrons. The highest BCUT2D eigenvalue weighted by Crippen LogP contribution is 2.25. The van der Waals surface area contributed by atoms with Crippen molar-refractivity contribution in [2.24, 2.45) is 0 Å². The Kier molecular flexibility index (Phi) is 5.87. The molecule has 0 bridgehead atoms. The van der Waals surface area contributed by atoms with Gasteiger partial charge in [0.25, 0.3) is 5.89 Å². The highest BCUT2D eigenvalue weighted by molar-refractivity contribution is 6.32. The molecule has 1 N–H and O–H groups in total. The Morgan fingerprint density at radius 2 is 2.07 bits per heavy atom. The van der Waals surface area contributed by atoms with Gasteiger partial charge in [0.05, 0.1) is 24.2 Å². The molecule has 0 aliphatic rings. The molecule has 0 aliphatic heterocycles. The van der Waals surface area contributed by atoms with E-state index in [1.54, 1.807) is 24.3 Å². The van der Waals surface area contributed by atoms with E-state index < -0.39 is 5.82 Å². The smallest absolute Gasteiger partial charge is 0.264 e. The van der Waals surface area contributed by atoms with E-state index in [4.69, 9.17) is 25.6 Å². The second kappa shape index (κ2) is 8.50. The van der Waals surface area contributed by atoms with Crippen molar-refractivity contribution in [3.05, 3.63) is 65.0 Å². The summed E-state index contributed by atoms with van der Waals surface area (Å²) in [4.78, 5) is 16.2. The lowest BCUT2D eigenvalue weighted by Gasteiger charge is -2.08. The molecule has 0 unspecified atom stereocenters. The number of nitrogens with zero attached hydrogens (tertiary/aromatic N) is 2. The van der Waals surface area contributed by atoms with E-state index >= 15 is 0 Å². The third-order valence-corrected chi connectivity index (χ3v) is 3.75. The number of amides is 1. The number of ether oxygens (including phenoxy) is 2. The molecule has 0 atom stereocenters. The molecule has 140 valence electrons. The fourth-order valence-corrected chi connectivity index (χ4v) is 2.46. The van der Waals surface area contributed by atoms with Crippen LogP contribution in [0, 0.1) is 5.82 Å². The molecule has 1 amide bonds. The number of anilines is 1. The third kappa shape index (κ3) is 4.95. The predicted octanol–water partition coefficient (Wildman–Crippen LogP) is 3.63. The van der Waals surface area contributed by atoms with Gasteiger partial charge >= 0.3 is 0 Å². The van der Waals surface area contributed by atoms with Crippen LogP contribution in [0.1, 0.15) is 11.7 Å². The zero-order valence-electron chi connectivity index (χ0n) is 14.2. The van der Waals surface area contributed by atoms with Crippen LogP contribution in [-0.4, -0.2) is 23.2 Å². The highest BCUT2D eigenvalue weighted by Gasteiger charge is 2.14. The van der Waals surface area contributed by atoms with Crippen LogP contribution in [0.2, 0.25) is 5.02 Å². The summed E-state index contributed by atoms with van der Waals surface area (Å²) in [7, 11) is 1.52. The van der Waals surface area contributed by atoms with E-state index in [9.17, 15) is 9.18 Å². The molecule has 0 fully saturated rings. The number of rotatable bonds is 7. The maximum atomic E-state index is 13.0. The summed E-state index contributed by atoms with van der Waals surface area (Å²) >= 11 is 5.88. The monoisotopic (exact) mass is 391 g/mol. The molecule has 9 heteroatoms. The molecule has 0 spiro atoms. The Hall–Kier alpha value is -3.13. The van der Waals surface area contributed by atoms with Crippen molar-refractivity contribution in [3.63, 3.8) is 0 Å². The maximum absolute atomic E-state index is 13.0. The quantitative estimate of drug-likeness (QED) is 0.661. The average Bonchev–Trinajstić information content (AvgIpc) is 3.08. The molecular weight excluding hydrogens is 377 g/mol. The first-order chi connectivity index (χ1) is 13.0. The van der Waals surface area contributed by atoms with Gasteiger partial charge in [-0.1, -0.05) is 28.9 Å². The highest BCUT2D eigenvalue weighted by atomic mass is 35.5. The molecular formula is C18H15ClFN3O4. The zero-order valence-corrected chi connectivity index (χ0v) is 15.0. The van der Waals surface area contributed by atoms with E-state index in [0.717, 1.165) is 6.07 Å². The summed E-state index contributed by atoms with van der Waals surface area (Å²) in [5.41, 5.74) is 0.544. The fourth-order valence-electron chi connectivity index (χ4n) is 2.24. The predicted molar refractivity (Wildman–Crippen MR) is 95.4 cm³/mol. The van der Waals surface area contributed by atoms with E-state index in [2.05, 4.69) is 15.5 Å². The third-order valence-electron chi connectivity index (χ3n) is 3.45. The molecule has 1 aromatic heterocycles. The number of para-hydroxylation sites is 2. The van der Waals surface area contributed by atoms with Crippen LogP contribution in [0.3, 0.4) is 0 Å². The van der Waals surface area contributed by atoms with Gasteiger partial charge in [-0.3, -0.25) is 4.79 Å². The largest absolute Gasteiger partial charge is 0.495 e. The van der Waals surface area contributed by atoms with Gasteiger partial charge in [0.1, 0.15) is 17.3 Å². The number of hydrogen-bond donors (Lipinski definition) is 1. The first kappa shape index (κ1) is 18.7. The number of carbonyl (C=O) groups excluding carboxylic acids is 1. The number of methoxy groups -OCH3 is 1. The number of carbonyl (C=O) groups is 1. The lowest BCUT2D eigenvalue weighted by atomic mass is 10.2. The number of hydrogen-bond acceptors (Lipinski definition) is 6. The summed E-state index contributed by atoms with van der Waals surface area (Å²) in [6.45, 7) is -0.0630. The van der Waals surface area contributed by atoms with E-state index in [1.165, 1.54) is 19.2 Å². The normalized spacial score (nSPS) is 10.5. The van der Waals surface area contributed by atoms with Crippen LogP contribution in [0.25, 0.3) is 0 Å². The summed E-state index contributed by atoms with van der Waals surface area (Å²) in [6, 6.07) is 10.8. The number of aromatic nitrogens is 2. The lowest BCUT2D eigenvalue weighted by molar-refractivity contribution is -0.115. The number of nitrogens with one attached hydrogen (secondary N) is 1. The molecule has 0 aliphatic carbocycles. The van der Waals surface area contributed by atoms with E-state index in [-0.39, 0.29) is 41.4 Å². The molecule has 0 saturated heterocycles. The Bertz CT molecular complexity index is 948. The zero-order chi connectivity index (χ0) is 19.2. The van der Waals surface area contributed by atoms with Crippen molar-refractivity contribution >= 4 is 23.2 Å². The van der Waals surface area contributed by atoms with Crippen LogP contribution in [0.15, 0.2) is 47.0 Å². The van der Waals surface area contributed by atoms with Crippen molar-refractivity contribution in [1.29, 1.82) is 0 Å². The molecule has 7 nitrogen and oxygen atoms in total. The van der Waals surface area contributed by atoms with Gasteiger partial charge in [0.2, 0.25) is 5.91 Å². The number of benzene rings is 2. The Labute approximate surface area is 159 Å². The molecule has 3 rings (SSSR count). The van der Waals surface area contributed by atoms with Crippen molar-refractivity contribution in [2.75, 3.05) is 12.4 Å². The summed E-state index contributed by atoms with van der Waals surface area (Å²) in [5, 5.41) is 6.59. The first-order valence-corrected chi connectivity index (χ1v) is 8.25. The minimum absolute atomic E-state index is 0.0630. The summed E-state index contributed by atoms with van der Waals surface area (Å²) < 4.78 is 28.6. The maximum Gasteiger partial charge on any atom is 0.264 e. The van der Waals surface area contributed by atoms with E-state index in [0.29, 0.717) is 11.4 Å². The standard InChI is InChI=1S/C18H15ClFN3O4/c1-25-15-5-3-2-4-13(15)21-17(24)9-16-22-18(27-23-16)10-26-14-7-6-11(20)8-12(14)19/h2-8H,9-10H2,1H3,(H,21,24). The molecule has 0 saturated carbocycles. The number of halogens is 2. The van der Waals surface area contributed by atoms with Gasteiger partial charge < -0.3 is 19.3 Å². The topological polar surface area (TPSA) is 86.5 Å². The van der Waals surface area contributed by atoms with Crippen LogP contribution in [0.4, 0.5) is 10.1 Å². The van der Waals surface area contributed by atoms with Crippen LogP contribution in [0.5, 0.6) is 11.5 Å². The van der Waals surface area contributed by atoms with Gasteiger partial charge in [-0.2, -0.15) is 4.98 Å². The van der Waals surface area contributed by atoms with Gasteiger partial charge in [-0.05, 0) is 30.3 Å². The average molecular weight is 392 g/mol. The first-order valence-electron chi connectivity index (χ1n) is 7.87. The molecule has 27 heavy (non-hydrogen) atoms. The van der Waals surface area contributed by atoms with Crippen molar-refractivity contribution < 1.29 is 23.2 Å². The van der Waals surface area contributed by atoms with Gasteiger partial charge in [-0.25, -0.2) is 4.39 Å². The summed E-state index contributed by atoms with van der Waals surface area (Å²) in [6.07, 6.45) is -0.0845. The molecule has 2 aromatic carbocycles. The van der Waals surface area contributed by atoms with Crippen molar-refractivity contribution in [1.82, 2.24) is 10.1 Å². The lowest BCUT2D eigenvalue weighted by Crippen LogP contribution is -2.15. The molecule has 3 aromatic rings. The van der Waals surface area contributed by atoms with Gasteiger partial charge in [-0.15, -0.1) is 0 Å². The Balaban J connectivity index is 1.56. The molecule has 1 heterocycles. The van der Waals surface area contributed by atoms with Crippen LogP contribution < -0.4 is 14.8 Å². The van der Waals surface area contributed by atoms with Gasteiger partial charge in [0, 0.05) is 0 Å².